The molecule has 0 aliphatic rings. The molecule has 0 bridgehead atoms. The number of benzene rings is 3. The SMILES string of the molecule is COc1ccc(NC(=O)C(c2ccccc2)N(C)CCOc2ccc(O)cc2)cc1. The number of aromatic hydroxyl groups is 1. The van der Waals surface area contributed by atoms with Crippen molar-refractivity contribution >= 4 is 11.6 Å². The number of anilines is 1. The zero-order valence-corrected chi connectivity index (χ0v) is 17.1. The van der Waals surface area contributed by atoms with Crippen molar-refractivity contribution in [3.63, 3.8) is 0 Å². The van der Waals surface area contributed by atoms with E-state index in [1.54, 1.807) is 31.4 Å². The Kier molecular flexibility index (Phi) is 7.29. The van der Waals surface area contributed by atoms with Gasteiger partial charge in [-0.2, -0.15) is 0 Å². The lowest BCUT2D eigenvalue weighted by atomic mass is 10.0. The number of carbonyl (C=O) groups is 1. The molecule has 6 heteroatoms. The molecule has 2 N–H and O–H groups in total. The number of nitrogens with zero attached hydrogens (tertiary/aromatic N) is 1. The van der Waals surface area contributed by atoms with E-state index in [4.69, 9.17) is 9.47 Å². The predicted octanol–water partition coefficient (Wildman–Crippen LogP) is 4.09. The molecule has 0 saturated heterocycles. The molecule has 3 rings (SSSR count). The minimum atomic E-state index is -0.475. The minimum Gasteiger partial charge on any atom is -0.508 e. The number of phenols is 1. The van der Waals surface area contributed by atoms with Gasteiger partial charge in [0.1, 0.15) is 29.9 Å². The molecule has 0 heterocycles. The molecule has 0 radical (unpaired) electrons. The Balaban J connectivity index is 1.67. The fourth-order valence-corrected chi connectivity index (χ4v) is 3.11. The van der Waals surface area contributed by atoms with E-state index in [1.165, 1.54) is 0 Å². The second-order valence-electron chi connectivity index (χ2n) is 6.85. The first kappa shape index (κ1) is 21.2. The normalized spacial score (nSPS) is 11.7. The van der Waals surface area contributed by atoms with Gasteiger partial charge in [-0.25, -0.2) is 0 Å². The number of likely N-dealkylation sites (N-methyl/N-ethyl adjacent to an activating group) is 1. The van der Waals surface area contributed by atoms with Gasteiger partial charge in [-0.15, -0.1) is 0 Å². The number of amides is 1. The van der Waals surface area contributed by atoms with Crippen molar-refractivity contribution < 1.29 is 19.4 Å². The number of phenolic OH excluding ortho intramolecular Hbond substituents is 1. The molecular formula is C24H26N2O4. The Morgan fingerprint density at radius 2 is 1.60 bits per heavy atom. The summed E-state index contributed by atoms with van der Waals surface area (Å²) in [6, 6.07) is 23.0. The topological polar surface area (TPSA) is 71.0 Å². The van der Waals surface area contributed by atoms with Gasteiger partial charge in [-0.3, -0.25) is 9.69 Å². The number of rotatable bonds is 9. The van der Waals surface area contributed by atoms with Crippen molar-refractivity contribution in [1.29, 1.82) is 0 Å². The van der Waals surface area contributed by atoms with Crippen molar-refractivity contribution in [3.05, 3.63) is 84.4 Å². The molecule has 1 atom stereocenters. The van der Waals surface area contributed by atoms with Gasteiger partial charge in [0.25, 0.3) is 0 Å². The monoisotopic (exact) mass is 406 g/mol. The Bertz CT molecular complexity index is 928. The molecule has 1 amide bonds. The fourth-order valence-electron chi connectivity index (χ4n) is 3.11. The van der Waals surface area contributed by atoms with Crippen molar-refractivity contribution in [2.45, 2.75) is 6.04 Å². The highest BCUT2D eigenvalue weighted by atomic mass is 16.5. The van der Waals surface area contributed by atoms with Crippen LogP contribution in [0.15, 0.2) is 78.9 Å². The molecule has 156 valence electrons. The Morgan fingerprint density at radius 1 is 0.967 bits per heavy atom. The molecule has 0 aliphatic carbocycles. The van der Waals surface area contributed by atoms with Gasteiger partial charge in [-0.05, 0) is 61.1 Å². The van der Waals surface area contributed by atoms with E-state index >= 15 is 0 Å². The highest BCUT2D eigenvalue weighted by molar-refractivity contribution is 5.95. The zero-order valence-electron chi connectivity index (χ0n) is 17.1. The van der Waals surface area contributed by atoms with Crippen LogP contribution in [0.2, 0.25) is 0 Å². The van der Waals surface area contributed by atoms with Crippen LogP contribution in [0.5, 0.6) is 17.2 Å². The van der Waals surface area contributed by atoms with Crippen LogP contribution >= 0.6 is 0 Å². The second-order valence-corrected chi connectivity index (χ2v) is 6.85. The van der Waals surface area contributed by atoms with Crippen LogP contribution < -0.4 is 14.8 Å². The van der Waals surface area contributed by atoms with Crippen LogP contribution in [-0.4, -0.2) is 43.2 Å². The lowest BCUT2D eigenvalue weighted by Gasteiger charge is -2.27. The molecule has 0 aliphatic heterocycles. The van der Waals surface area contributed by atoms with Gasteiger partial charge >= 0.3 is 0 Å². The second kappa shape index (κ2) is 10.3. The van der Waals surface area contributed by atoms with E-state index in [1.807, 2.05) is 66.5 Å². The molecule has 0 aromatic heterocycles. The summed E-state index contributed by atoms with van der Waals surface area (Å²) in [6.07, 6.45) is 0. The third-order valence-electron chi connectivity index (χ3n) is 4.71. The Labute approximate surface area is 176 Å². The van der Waals surface area contributed by atoms with Crippen LogP contribution in [0.25, 0.3) is 0 Å². The minimum absolute atomic E-state index is 0.126. The average Bonchev–Trinajstić information content (AvgIpc) is 2.76. The number of hydrogen-bond acceptors (Lipinski definition) is 5. The highest BCUT2D eigenvalue weighted by Gasteiger charge is 2.25. The van der Waals surface area contributed by atoms with Crippen LogP contribution in [0.1, 0.15) is 11.6 Å². The van der Waals surface area contributed by atoms with E-state index < -0.39 is 6.04 Å². The molecule has 6 nitrogen and oxygen atoms in total. The lowest BCUT2D eigenvalue weighted by Crippen LogP contribution is -2.37. The molecule has 3 aromatic carbocycles. The summed E-state index contributed by atoms with van der Waals surface area (Å²) < 4.78 is 10.9. The van der Waals surface area contributed by atoms with E-state index in [-0.39, 0.29) is 11.7 Å². The smallest absolute Gasteiger partial charge is 0.246 e. The molecule has 30 heavy (non-hydrogen) atoms. The van der Waals surface area contributed by atoms with Crippen molar-refractivity contribution in [1.82, 2.24) is 4.90 Å². The molecule has 1 unspecified atom stereocenters. The lowest BCUT2D eigenvalue weighted by molar-refractivity contribution is -0.121. The van der Waals surface area contributed by atoms with Crippen LogP contribution in [0.4, 0.5) is 5.69 Å². The van der Waals surface area contributed by atoms with Crippen molar-refractivity contribution in [2.75, 3.05) is 32.6 Å². The van der Waals surface area contributed by atoms with E-state index in [2.05, 4.69) is 5.32 Å². The third kappa shape index (κ3) is 5.75. The summed E-state index contributed by atoms with van der Waals surface area (Å²) in [5, 5.41) is 12.3. The summed E-state index contributed by atoms with van der Waals surface area (Å²) in [4.78, 5) is 15.1. The highest BCUT2D eigenvalue weighted by Crippen LogP contribution is 2.23. The van der Waals surface area contributed by atoms with Gasteiger partial charge in [-0.1, -0.05) is 30.3 Å². The summed E-state index contributed by atoms with van der Waals surface area (Å²) in [7, 11) is 3.50. The Morgan fingerprint density at radius 3 is 2.23 bits per heavy atom. The number of carbonyl (C=O) groups excluding carboxylic acids is 1. The predicted molar refractivity (Wildman–Crippen MR) is 117 cm³/mol. The maximum absolute atomic E-state index is 13.1. The zero-order chi connectivity index (χ0) is 21.3. The first-order valence-electron chi connectivity index (χ1n) is 9.69. The van der Waals surface area contributed by atoms with Crippen molar-refractivity contribution in [2.24, 2.45) is 0 Å². The van der Waals surface area contributed by atoms with Gasteiger partial charge in [0.15, 0.2) is 0 Å². The van der Waals surface area contributed by atoms with Gasteiger partial charge < -0.3 is 19.9 Å². The van der Waals surface area contributed by atoms with Gasteiger partial charge in [0, 0.05) is 12.2 Å². The number of hydrogen-bond donors (Lipinski definition) is 2. The van der Waals surface area contributed by atoms with E-state index in [0.29, 0.717) is 24.6 Å². The average molecular weight is 406 g/mol. The number of nitrogens with one attached hydrogen (secondary N) is 1. The standard InChI is InChI=1S/C24H26N2O4/c1-26(16-17-30-22-14-10-20(27)11-15-22)23(18-6-4-3-5-7-18)24(28)25-19-8-12-21(29-2)13-9-19/h3-15,23,27H,16-17H2,1-2H3,(H,25,28). The van der Waals surface area contributed by atoms with E-state index in [9.17, 15) is 9.90 Å². The first-order valence-corrected chi connectivity index (χ1v) is 9.69. The third-order valence-corrected chi connectivity index (χ3v) is 4.71. The Hall–Kier alpha value is -3.51. The maximum atomic E-state index is 13.1. The first-order chi connectivity index (χ1) is 14.6. The molecule has 3 aromatic rings. The van der Waals surface area contributed by atoms with Crippen LogP contribution in [0, 0.1) is 0 Å². The summed E-state index contributed by atoms with van der Waals surface area (Å²) >= 11 is 0. The van der Waals surface area contributed by atoms with Gasteiger partial charge in [0.05, 0.1) is 7.11 Å². The quantitative estimate of drug-likeness (QED) is 0.560. The fraction of sp³-hybridized carbons (Fsp3) is 0.208. The van der Waals surface area contributed by atoms with Gasteiger partial charge in [0.2, 0.25) is 5.91 Å². The van der Waals surface area contributed by atoms with E-state index in [0.717, 1.165) is 11.3 Å². The summed E-state index contributed by atoms with van der Waals surface area (Å²) in [5.41, 5.74) is 1.60. The largest absolute Gasteiger partial charge is 0.508 e. The molecular weight excluding hydrogens is 380 g/mol. The molecule has 0 spiro atoms. The number of ether oxygens (including phenoxy) is 2. The molecule has 0 fully saturated rings. The summed E-state index contributed by atoms with van der Waals surface area (Å²) in [5.74, 6) is 1.47. The molecule has 0 saturated carbocycles. The van der Waals surface area contributed by atoms with Crippen LogP contribution in [0.3, 0.4) is 0 Å². The maximum Gasteiger partial charge on any atom is 0.246 e. The van der Waals surface area contributed by atoms with Crippen LogP contribution in [-0.2, 0) is 4.79 Å². The number of methoxy groups -OCH3 is 1. The van der Waals surface area contributed by atoms with Crippen molar-refractivity contribution in [3.8, 4) is 17.2 Å². The summed E-state index contributed by atoms with van der Waals surface area (Å²) in [6.45, 7) is 0.941.